The topological polar surface area (TPSA) is 12.0 Å². The van der Waals surface area contributed by atoms with Crippen LogP contribution in [0.5, 0.6) is 0 Å². The van der Waals surface area contributed by atoms with Crippen LogP contribution in [0.1, 0.15) is 0 Å². The minimum Gasteiger partial charge on any atom is -0.257 e. The molecule has 0 saturated heterocycles. The van der Waals surface area contributed by atoms with Gasteiger partial charge in [-0.1, -0.05) is 18.2 Å². The molecule has 38 valence electrons. The van der Waals surface area contributed by atoms with E-state index < -0.39 is 0 Å². The maximum Gasteiger partial charge on any atom is 0.0301 e. The molecule has 0 unspecified atom stereocenters. The molecule has 0 aliphatic heterocycles. The highest BCUT2D eigenvalue weighted by molar-refractivity contribution is 14.1. The molecule has 0 atom stereocenters. The first kappa shape index (κ1) is 5.31. The monoisotopic (exact) mass is 207 g/mol. The molecule has 0 heterocycles. The second kappa shape index (κ2) is 2.47. The number of hydrogen-bond donors (Lipinski definition) is 1. The Kier molecular flexibility index (Phi) is 1.87. The summed E-state index contributed by atoms with van der Waals surface area (Å²) in [6, 6.07) is 0. The normalized spacial score (nSPS) is 15.9. The molecule has 0 aromatic heterocycles. The van der Waals surface area contributed by atoms with E-state index in [4.69, 9.17) is 0 Å². The van der Waals surface area contributed by atoms with Gasteiger partial charge in [-0.15, -0.1) is 0 Å². The van der Waals surface area contributed by atoms with E-state index >= 15 is 0 Å². The molecule has 0 bridgehead atoms. The summed E-state index contributed by atoms with van der Waals surface area (Å²) in [5, 5.41) is 0. The molecular weight excluding hydrogens is 201 g/mol. The van der Waals surface area contributed by atoms with Crippen molar-refractivity contribution in [3.05, 3.63) is 23.8 Å². The highest BCUT2D eigenvalue weighted by atomic mass is 127. The van der Waals surface area contributed by atoms with Crippen LogP contribution in [0.3, 0.4) is 0 Å². The third-order valence-corrected chi connectivity index (χ3v) is 1.27. The summed E-state index contributed by atoms with van der Waals surface area (Å²) in [6.45, 7) is 0.997. The fraction of sp³-hybridized carbons (Fsp3) is 0.200. The molecular formula is C5H6IN. The minimum absolute atomic E-state index is 0.997. The van der Waals surface area contributed by atoms with Crippen molar-refractivity contribution < 1.29 is 0 Å². The van der Waals surface area contributed by atoms with Crippen molar-refractivity contribution in [3.63, 3.8) is 0 Å². The fourth-order valence-electron chi connectivity index (χ4n) is 0.427. The van der Waals surface area contributed by atoms with Crippen LogP contribution in [0.25, 0.3) is 0 Å². The molecule has 0 radical (unpaired) electrons. The van der Waals surface area contributed by atoms with Gasteiger partial charge in [-0.3, -0.25) is 3.53 Å². The number of rotatable bonds is 2. The van der Waals surface area contributed by atoms with Crippen LogP contribution in [0.2, 0.25) is 0 Å². The van der Waals surface area contributed by atoms with Crippen LogP contribution in [0.15, 0.2) is 23.8 Å². The third kappa shape index (κ3) is 1.28. The zero-order valence-corrected chi connectivity index (χ0v) is 5.97. The molecule has 0 amide bonds. The Balaban J connectivity index is 2.17. The van der Waals surface area contributed by atoms with Crippen LogP contribution in [-0.2, 0) is 0 Å². The van der Waals surface area contributed by atoms with Gasteiger partial charge in [0.15, 0.2) is 0 Å². The molecule has 0 fully saturated rings. The highest BCUT2D eigenvalue weighted by Crippen LogP contribution is 2.05. The van der Waals surface area contributed by atoms with Gasteiger partial charge in [-0.2, -0.15) is 0 Å². The van der Waals surface area contributed by atoms with Gasteiger partial charge in [0.1, 0.15) is 0 Å². The summed E-state index contributed by atoms with van der Waals surface area (Å²) in [5.74, 6) is 0. The molecule has 2 heteroatoms. The predicted octanol–water partition coefficient (Wildman–Crippen LogP) is 1.42. The number of allylic oxidation sites excluding steroid dienone is 2. The van der Waals surface area contributed by atoms with Gasteiger partial charge in [-0.25, -0.2) is 0 Å². The molecule has 0 spiro atoms. The Hall–Kier alpha value is 0.170. The van der Waals surface area contributed by atoms with E-state index in [-0.39, 0.29) is 0 Å². The van der Waals surface area contributed by atoms with Crippen molar-refractivity contribution in [1.82, 2.24) is 3.53 Å². The van der Waals surface area contributed by atoms with E-state index in [0.717, 1.165) is 6.54 Å². The largest absolute Gasteiger partial charge is 0.257 e. The quantitative estimate of drug-likeness (QED) is 0.533. The molecule has 0 aromatic rings. The standard InChI is InChI=1S/C5H6IN/c6-7-4-5-2-1-3-5/h1-3,7H,4H2. The lowest BCUT2D eigenvalue weighted by atomic mass is 10.1. The zero-order valence-electron chi connectivity index (χ0n) is 3.82. The summed E-state index contributed by atoms with van der Waals surface area (Å²) in [6.07, 6.45) is 6.25. The summed E-state index contributed by atoms with van der Waals surface area (Å²) in [4.78, 5) is 0. The molecule has 1 aliphatic carbocycles. The molecule has 1 aliphatic rings. The summed E-state index contributed by atoms with van der Waals surface area (Å²) < 4.78 is 3.02. The first-order valence-corrected chi connectivity index (χ1v) is 3.22. The van der Waals surface area contributed by atoms with Crippen LogP contribution in [0, 0.1) is 0 Å². The smallest absolute Gasteiger partial charge is 0.0301 e. The fourth-order valence-corrected chi connectivity index (χ4v) is 0.868. The lowest BCUT2D eigenvalue weighted by Gasteiger charge is -2.02. The number of nitrogens with one attached hydrogen (secondary N) is 1. The summed E-state index contributed by atoms with van der Waals surface area (Å²) in [5.41, 5.74) is 1.38. The Morgan fingerprint density at radius 1 is 1.71 bits per heavy atom. The maximum absolute atomic E-state index is 3.02. The minimum atomic E-state index is 0.997. The average molecular weight is 207 g/mol. The van der Waals surface area contributed by atoms with E-state index in [1.54, 1.807) is 0 Å². The molecule has 7 heavy (non-hydrogen) atoms. The first-order valence-electron chi connectivity index (χ1n) is 2.14. The van der Waals surface area contributed by atoms with Crippen LogP contribution in [0.4, 0.5) is 0 Å². The van der Waals surface area contributed by atoms with Gasteiger partial charge >= 0.3 is 0 Å². The van der Waals surface area contributed by atoms with Crippen molar-refractivity contribution in [2.24, 2.45) is 0 Å². The summed E-state index contributed by atoms with van der Waals surface area (Å²) in [7, 11) is 0. The van der Waals surface area contributed by atoms with Crippen LogP contribution < -0.4 is 3.53 Å². The molecule has 1 rings (SSSR count). The molecule has 0 saturated carbocycles. The van der Waals surface area contributed by atoms with Crippen molar-refractivity contribution in [1.29, 1.82) is 0 Å². The van der Waals surface area contributed by atoms with Gasteiger partial charge in [0, 0.05) is 29.4 Å². The number of hydrogen-bond acceptors (Lipinski definition) is 1. The van der Waals surface area contributed by atoms with Gasteiger partial charge in [0.05, 0.1) is 0 Å². The zero-order chi connectivity index (χ0) is 5.11. The van der Waals surface area contributed by atoms with Gasteiger partial charge in [0.2, 0.25) is 0 Å². The molecule has 1 N–H and O–H groups in total. The predicted molar refractivity (Wildman–Crippen MR) is 39.2 cm³/mol. The second-order valence-corrected chi connectivity index (χ2v) is 2.17. The Labute approximate surface area is 57.0 Å². The average Bonchev–Trinajstić information content (AvgIpc) is 1.55. The van der Waals surface area contributed by atoms with Crippen molar-refractivity contribution in [2.75, 3.05) is 6.54 Å². The lowest BCUT2D eigenvalue weighted by Crippen LogP contribution is -2.03. The van der Waals surface area contributed by atoms with E-state index in [9.17, 15) is 0 Å². The van der Waals surface area contributed by atoms with E-state index in [2.05, 4.69) is 38.5 Å². The van der Waals surface area contributed by atoms with Gasteiger partial charge in [0.25, 0.3) is 0 Å². The summed E-state index contributed by atoms with van der Waals surface area (Å²) >= 11 is 2.14. The third-order valence-electron chi connectivity index (χ3n) is 0.892. The van der Waals surface area contributed by atoms with E-state index in [0.29, 0.717) is 0 Å². The van der Waals surface area contributed by atoms with Crippen LogP contribution >= 0.6 is 22.9 Å². The highest BCUT2D eigenvalue weighted by Gasteiger charge is 1.92. The van der Waals surface area contributed by atoms with Gasteiger partial charge < -0.3 is 0 Å². The second-order valence-electron chi connectivity index (χ2n) is 1.41. The Morgan fingerprint density at radius 2 is 2.43 bits per heavy atom. The van der Waals surface area contributed by atoms with Crippen LogP contribution in [-0.4, -0.2) is 6.54 Å². The molecule has 0 aromatic carbocycles. The number of halogens is 1. The Bertz CT molecular complexity index is 115. The molecule has 1 nitrogen and oxygen atoms in total. The first-order chi connectivity index (χ1) is 3.43. The Morgan fingerprint density at radius 3 is 2.57 bits per heavy atom. The van der Waals surface area contributed by atoms with E-state index in [1.807, 2.05) is 6.08 Å². The van der Waals surface area contributed by atoms with Gasteiger partial charge in [-0.05, 0) is 5.57 Å². The van der Waals surface area contributed by atoms with Crippen molar-refractivity contribution >= 4 is 22.9 Å². The maximum atomic E-state index is 3.02. The van der Waals surface area contributed by atoms with Crippen molar-refractivity contribution in [2.45, 2.75) is 0 Å². The van der Waals surface area contributed by atoms with E-state index in [1.165, 1.54) is 5.57 Å². The SMILES string of the molecule is INCC1=CC=C1. The van der Waals surface area contributed by atoms with Crippen molar-refractivity contribution in [3.8, 4) is 0 Å². The lowest BCUT2D eigenvalue weighted by molar-refractivity contribution is 1.11.